The second kappa shape index (κ2) is 4.16. The Morgan fingerprint density at radius 3 is 2.44 bits per heavy atom. The van der Waals surface area contributed by atoms with Gasteiger partial charge in [-0.1, -0.05) is 43.3 Å². The van der Waals surface area contributed by atoms with Crippen LogP contribution in [0.15, 0.2) is 28.8 Å². The third kappa shape index (κ3) is 1.90. The summed E-state index contributed by atoms with van der Waals surface area (Å²) in [5.74, 6) is 2.54. The fraction of sp³-hybridized carbons (Fsp3) is 0.400. The molecule has 1 fully saturated rings. The van der Waals surface area contributed by atoms with Crippen LogP contribution in [0, 0.1) is 0 Å². The fourth-order valence-corrected chi connectivity index (χ4v) is 2.26. The third-order valence-corrected chi connectivity index (χ3v) is 3.56. The number of nitrogens with two attached hydrogens (primary N) is 1. The topological polar surface area (TPSA) is 52.0 Å². The van der Waals surface area contributed by atoms with Gasteiger partial charge in [0.2, 0.25) is 0 Å². The highest BCUT2D eigenvalue weighted by Gasteiger charge is 2.32. The Balaban J connectivity index is 2.01. The van der Waals surface area contributed by atoms with Crippen molar-refractivity contribution in [3.63, 3.8) is 0 Å². The molecule has 0 aliphatic heterocycles. The summed E-state index contributed by atoms with van der Waals surface area (Å²) in [5, 5.41) is 3.91. The quantitative estimate of drug-likeness (QED) is 0.887. The van der Waals surface area contributed by atoms with Crippen LogP contribution in [-0.4, -0.2) is 5.16 Å². The van der Waals surface area contributed by atoms with Crippen molar-refractivity contribution in [2.75, 3.05) is 5.73 Å². The van der Waals surface area contributed by atoms with E-state index in [1.807, 2.05) is 0 Å². The SMILES string of the molecule is CC(C)c1ccc(-c2c(N)noc2C2CC2)cc1. The summed E-state index contributed by atoms with van der Waals surface area (Å²) in [5.41, 5.74) is 9.37. The molecule has 1 aromatic heterocycles. The summed E-state index contributed by atoms with van der Waals surface area (Å²) in [6.45, 7) is 4.39. The van der Waals surface area contributed by atoms with Gasteiger partial charge in [0.15, 0.2) is 5.82 Å². The van der Waals surface area contributed by atoms with Gasteiger partial charge in [-0.25, -0.2) is 0 Å². The Hall–Kier alpha value is -1.77. The molecule has 1 aliphatic carbocycles. The smallest absolute Gasteiger partial charge is 0.175 e. The van der Waals surface area contributed by atoms with Gasteiger partial charge in [0.05, 0.1) is 5.56 Å². The summed E-state index contributed by atoms with van der Waals surface area (Å²) in [7, 11) is 0. The molecule has 0 spiro atoms. The first-order valence-electron chi connectivity index (χ1n) is 6.52. The van der Waals surface area contributed by atoms with E-state index < -0.39 is 0 Å². The van der Waals surface area contributed by atoms with E-state index in [-0.39, 0.29) is 0 Å². The minimum atomic E-state index is 0.509. The molecule has 1 aliphatic rings. The second-order valence-electron chi connectivity index (χ2n) is 5.36. The largest absolute Gasteiger partial charge is 0.380 e. The van der Waals surface area contributed by atoms with Crippen LogP contribution >= 0.6 is 0 Å². The van der Waals surface area contributed by atoms with Crippen molar-refractivity contribution in [2.24, 2.45) is 0 Å². The molecule has 3 heteroatoms. The van der Waals surface area contributed by atoms with Gasteiger partial charge in [-0.15, -0.1) is 0 Å². The van der Waals surface area contributed by atoms with E-state index in [9.17, 15) is 0 Å². The molecule has 94 valence electrons. The fourth-order valence-electron chi connectivity index (χ4n) is 2.26. The minimum Gasteiger partial charge on any atom is -0.380 e. The minimum absolute atomic E-state index is 0.509. The number of aromatic nitrogens is 1. The van der Waals surface area contributed by atoms with E-state index in [4.69, 9.17) is 10.3 Å². The number of nitrogens with zero attached hydrogens (tertiary/aromatic N) is 1. The predicted molar refractivity (Wildman–Crippen MR) is 72.4 cm³/mol. The Labute approximate surface area is 107 Å². The number of hydrogen-bond donors (Lipinski definition) is 1. The lowest BCUT2D eigenvalue weighted by Gasteiger charge is -2.07. The van der Waals surface area contributed by atoms with Crippen LogP contribution in [0.25, 0.3) is 11.1 Å². The van der Waals surface area contributed by atoms with Crippen LogP contribution in [0.5, 0.6) is 0 Å². The molecule has 2 aromatic rings. The molecule has 1 aromatic carbocycles. The molecule has 2 N–H and O–H groups in total. The van der Waals surface area contributed by atoms with Gasteiger partial charge in [-0.3, -0.25) is 0 Å². The highest BCUT2D eigenvalue weighted by Crippen LogP contribution is 2.46. The maximum atomic E-state index is 5.93. The van der Waals surface area contributed by atoms with Gasteiger partial charge in [0, 0.05) is 5.92 Å². The first-order valence-corrected chi connectivity index (χ1v) is 6.52. The number of nitrogen functional groups attached to an aromatic ring is 1. The molecule has 0 saturated heterocycles. The molecule has 1 heterocycles. The molecule has 0 bridgehead atoms. The Morgan fingerprint density at radius 1 is 1.22 bits per heavy atom. The summed E-state index contributed by atoms with van der Waals surface area (Å²) in [4.78, 5) is 0. The van der Waals surface area contributed by atoms with Crippen LogP contribution in [0.3, 0.4) is 0 Å². The Morgan fingerprint density at radius 2 is 1.89 bits per heavy atom. The second-order valence-corrected chi connectivity index (χ2v) is 5.36. The number of hydrogen-bond acceptors (Lipinski definition) is 3. The van der Waals surface area contributed by atoms with E-state index in [1.165, 1.54) is 18.4 Å². The first kappa shape index (κ1) is 11.3. The molecule has 0 atom stereocenters. The maximum absolute atomic E-state index is 5.93. The maximum Gasteiger partial charge on any atom is 0.175 e. The van der Waals surface area contributed by atoms with E-state index >= 15 is 0 Å². The standard InChI is InChI=1S/C15H18N2O/c1-9(2)10-3-5-11(6-4-10)13-14(12-7-8-12)18-17-15(13)16/h3-6,9,12H,7-8H2,1-2H3,(H2,16,17). The lowest BCUT2D eigenvalue weighted by molar-refractivity contribution is 0.387. The zero-order valence-electron chi connectivity index (χ0n) is 10.8. The molecule has 3 rings (SSSR count). The number of benzene rings is 1. The van der Waals surface area contributed by atoms with Crippen molar-refractivity contribution in [2.45, 2.75) is 38.5 Å². The summed E-state index contributed by atoms with van der Waals surface area (Å²) in [6.07, 6.45) is 2.37. The van der Waals surface area contributed by atoms with E-state index in [0.717, 1.165) is 16.9 Å². The summed E-state index contributed by atoms with van der Waals surface area (Å²) in [6, 6.07) is 8.54. The van der Waals surface area contributed by atoms with Gasteiger partial charge in [-0.2, -0.15) is 0 Å². The Kier molecular flexibility index (Phi) is 2.62. The van der Waals surface area contributed by atoms with Crippen LogP contribution in [0.4, 0.5) is 5.82 Å². The van der Waals surface area contributed by atoms with Gasteiger partial charge < -0.3 is 10.3 Å². The number of anilines is 1. The van der Waals surface area contributed by atoms with Crippen molar-refractivity contribution < 1.29 is 4.52 Å². The molecule has 1 saturated carbocycles. The normalized spacial score (nSPS) is 15.3. The van der Waals surface area contributed by atoms with Crippen LogP contribution in [-0.2, 0) is 0 Å². The zero-order chi connectivity index (χ0) is 12.7. The van der Waals surface area contributed by atoms with E-state index in [0.29, 0.717) is 17.7 Å². The molecule has 0 radical (unpaired) electrons. The number of rotatable bonds is 3. The molecule has 3 nitrogen and oxygen atoms in total. The van der Waals surface area contributed by atoms with Gasteiger partial charge in [-0.05, 0) is 29.9 Å². The lowest BCUT2D eigenvalue weighted by atomic mass is 9.98. The summed E-state index contributed by atoms with van der Waals surface area (Å²) < 4.78 is 5.38. The first-order chi connectivity index (χ1) is 8.66. The average molecular weight is 242 g/mol. The van der Waals surface area contributed by atoms with E-state index in [1.54, 1.807) is 0 Å². The van der Waals surface area contributed by atoms with Crippen molar-refractivity contribution in [3.8, 4) is 11.1 Å². The van der Waals surface area contributed by atoms with E-state index in [2.05, 4.69) is 43.3 Å². The van der Waals surface area contributed by atoms with Gasteiger partial charge >= 0.3 is 0 Å². The van der Waals surface area contributed by atoms with Crippen LogP contribution < -0.4 is 5.73 Å². The third-order valence-electron chi connectivity index (χ3n) is 3.56. The van der Waals surface area contributed by atoms with Crippen molar-refractivity contribution >= 4 is 5.82 Å². The highest BCUT2D eigenvalue weighted by molar-refractivity contribution is 5.76. The van der Waals surface area contributed by atoms with Crippen molar-refractivity contribution in [3.05, 3.63) is 35.6 Å². The van der Waals surface area contributed by atoms with Crippen LogP contribution in [0.1, 0.15) is 49.8 Å². The van der Waals surface area contributed by atoms with Crippen molar-refractivity contribution in [1.82, 2.24) is 5.16 Å². The predicted octanol–water partition coefficient (Wildman–Crippen LogP) is 3.92. The van der Waals surface area contributed by atoms with Crippen LogP contribution in [0.2, 0.25) is 0 Å². The highest BCUT2D eigenvalue weighted by atomic mass is 16.5. The monoisotopic (exact) mass is 242 g/mol. The molecular weight excluding hydrogens is 224 g/mol. The van der Waals surface area contributed by atoms with Gasteiger partial charge in [0.1, 0.15) is 5.76 Å². The van der Waals surface area contributed by atoms with Crippen molar-refractivity contribution in [1.29, 1.82) is 0 Å². The lowest BCUT2D eigenvalue weighted by Crippen LogP contribution is -1.91. The average Bonchev–Trinajstić information content (AvgIpc) is 3.13. The molecular formula is C15H18N2O. The van der Waals surface area contributed by atoms with Gasteiger partial charge in [0.25, 0.3) is 0 Å². The zero-order valence-corrected chi connectivity index (χ0v) is 10.8. The summed E-state index contributed by atoms with van der Waals surface area (Å²) >= 11 is 0. The molecule has 18 heavy (non-hydrogen) atoms. The molecule has 0 unspecified atom stereocenters. The Bertz CT molecular complexity index is 550. The molecule has 0 amide bonds.